The van der Waals surface area contributed by atoms with Crippen LogP contribution in [0.5, 0.6) is 0 Å². The van der Waals surface area contributed by atoms with E-state index in [4.69, 9.17) is 33.2 Å². The molecule has 0 saturated heterocycles. The highest BCUT2D eigenvalue weighted by atomic mass is 16.6. The van der Waals surface area contributed by atoms with Gasteiger partial charge in [0, 0.05) is 41.5 Å². The van der Waals surface area contributed by atoms with Crippen LogP contribution in [-0.2, 0) is 66.7 Å². The minimum absolute atomic E-state index is 0.0802. The van der Waals surface area contributed by atoms with Gasteiger partial charge in [0.2, 0.25) is 0 Å². The molecule has 0 aliphatic rings. The van der Waals surface area contributed by atoms with Crippen LogP contribution in [0.1, 0.15) is 156 Å². The summed E-state index contributed by atoms with van der Waals surface area (Å²) in [5.74, 6) is -3.08. The average Bonchev–Trinajstić information content (AvgIpc) is 3.33. The molecule has 0 aromatic heterocycles. The van der Waals surface area contributed by atoms with Crippen molar-refractivity contribution in [1.29, 1.82) is 0 Å². The van der Waals surface area contributed by atoms with Gasteiger partial charge in [-0.25, -0.2) is 33.6 Å². The van der Waals surface area contributed by atoms with Crippen LogP contribution in [0.4, 0.5) is 0 Å². The maximum atomic E-state index is 11.2. The Morgan fingerprint density at radius 3 is 0.731 bits per heavy atom. The van der Waals surface area contributed by atoms with Crippen molar-refractivity contribution in [2.75, 3.05) is 46.2 Å². The standard InChI is InChI=1S/C20H34O4.C18H30O4.C15H20O6/c1-17(2)19(21)23-15-13-11-9-7-5-6-8-10-12-14-16-24-20(22)18(3)4;1-3-17(19)21-15-13-11-9-7-5-6-8-10-12-14-16-22-18(20)4-2;1-5-12(16)19-9-15(8-4,10-20-13(17)6-2)11-21-14(18)7-3/h1,3,5-16H2,2,4H3;3-4H,1-2,5-16H2;5-7H,1-3,8-11H2,4H3. The average molecular weight is 945 g/mol. The second-order valence-electron chi connectivity index (χ2n) is 15.9. The number of esters is 7. The number of unbranched alkanes of at least 4 members (excludes halogenated alkanes) is 18. The summed E-state index contributed by atoms with van der Waals surface area (Å²) in [5, 5.41) is 0. The quantitative estimate of drug-likeness (QED) is 0.0245. The molecular weight excluding hydrogens is 861 g/mol. The van der Waals surface area contributed by atoms with Gasteiger partial charge in [-0.1, -0.05) is 156 Å². The van der Waals surface area contributed by atoms with Gasteiger partial charge in [0.15, 0.2) is 0 Å². The molecule has 0 aromatic rings. The smallest absolute Gasteiger partial charge is 0.333 e. The highest BCUT2D eigenvalue weighted by Crippen LogP contribution is 2.24. The van der Waals surface area contributed by atoms with Crippen LogP contribution in [-0.4, -0.2) is 88.0 Å². The van der Waals surface area contributed by atoms with Crippen LogP contribution in [0.15, 0.2) is 87.6 Å². The molecule has 14 nitrogen and oxygen atoms in total. The Kier molecular flexibility index (Phi) is 46.1. The Morgan fingerprint density at radius 1 is 0.343 bits per heavy atom. The lowest BCUT2D eigenvalue weighted by molar-refractivity contribution is -0.156. The molecule has 0 rings (SSSR count). The van der Waals surface area contributed by atoms with Crippen LogP contribution in [0.2, 0.25) is 0 Å². The van der Waals surface area contributed by atoms with E-state index in [0.717, 1.165) is 69.6 Å². The summed E-state index contributed by atoms with van der Waals surface area (Å²) in [6.07, 6.45) is 28.9. The van der Waals surface area contributed by atoms with Gasteiger partial charge in [-0.3, -0.25) is 0 Å². The van der Waals surface area contributed by atoms with Gasteiger partial charge in [0.25, 0.3) is 0 Å². The predicted molar refractivity (Wildman–Crippen MR) is 262 cm³/mol. The minimum Gasteiger partial charge on any atom is -0.463 e. The van der Waals surface area contributed by atoms with Gasteiger partial charge in [-0.2, -0.15) is 0 Å². The molecule has 0 atom stereocenters. The third-order valence-corrected chi connectivity index (χ3v) is 9.87. The lowest BCUT2D eigenvalue weighted by Crippen LogP contribution is -2.38. The number of carbonyl (C=O) groups excluding carboxylic acids is 7. The number of carbonyl (C=O) groups is 7. The van der Waals surface area contributed by atoms with Gasteiger partial charge >= 0.3 is 41.8 Å². The Balaban J connectivity index is -0.000000919. The fraction of sp³-hybridized carbons (Fsp3) is 0.604. The first-order valence-electron chi connectivity index (χ1n) is 23.7. The molecule has 0 radical (unpaired) electrons. The van der Waals surface area contributed by atoms with E-state index in [1.807, 2.05) is 0 Å². The van der Waals surface area contributed by atoms with Crippen LogP contribution in [0.3, 0.4) is 0 Å². The molecule has 67 heavy (non-hydrogen) atoms. The maximum Gasteiger partial charge on any atom is 0.333 e. The fourth-order valence-corrected chi connectivity index (χ4v) is 5.56. The van der Waals surface area contributed by atoms with Gasteiger partial charge < -0.3 is 33.2 Å². The summed E-state index contributed by atoms with van der Waals surface area (Å²) in [6.45, 7) is 30.6. The van der Waals surface area contributed by atoms with E-state index >= 15 is 0 Å². The van der Waals surface area contributed by atoms with E-state index in [0.29, 0.717) is 44.0 Å². The molecule has 0 fully saturated rings. The van der Waals surface area contributed by atoms with E-state index in [1.54, 1.807) is 20.8 Å². The number of hydrogen-bond donors (Lipinski definition) is 0. The second kappa shape index (κ2) is 47.0. The highest BCUT2D eigenvalue weighted by molar-refractivity contribution is 5.87. The molecule has 0 unspecified atom stereocenters. The molecule has 0 amide bonds. The van der Waals surface area contributed by atoms with E-state index in [1.165, 1.54) is 89.2 Å². The monoisotopic (exact) mass is 945 g/mol. The van der Waals surface area contributed by atoms with Crippen molar-refractivity contribution >= 4 is 41.8 Å². The van der Waals surface area contributed by atoms with E-state index in [2.05, 4.69) is 46.1 Å². The normalized spacial score (nSPS) is 10.1. The van der Waals surface area contributed by atoms with Crippen molar-refractivity contribution in [3.63, 3.8) is 0 Å². The van der Waals surface area contributed by atoms with Gasteiger partial charge in [0.05, 0.1) is 31.8 Å². The Morgan fingerprint density at radius 2 is 0.537 bits per heavy atom. The van der Waals surface area contributed by atoms with Crippen LogP contribution in [0, 0.1) is 5.41 Å². The van der Waals surface area contributed by atoms with Crippen LogP contribution in [0.25, 0.3) is 0 Å². The number of hydrogen-bond acceptors (Lipinski definition) is 14. The minimum atomic E-state index is -0.837. The van der Waals surface area contributed by atoms with Crippen molar-refractivity contribution in [2.45, 2.75) is 156 Å². The topological polar surface area (TPSA) is 184 Å². The summed E-state index contributed by atoms with van der Waals surface area (Å²) in [5.41, 5.74) is 0.0867. The predicted octanol–water partition coefficient (Wildman–Crippen LogP) is 11.0. The summed E-state index contributed by atoms with van der Waals surface area (Å²) in [6, 6.07) is 0. The molecule has 0 heterocycles. The number of rotatable bonds is 40. The molecule has 0 bridgehead atoms. The highest BCUT2D eigenvalue weighted by Gasteiger charge is 2.33. The maximum absolute atomic E-state index is 11.2. The van der Waals surface area contributed by atoms with Crippen molar-refractivity contribution in [3.8, 4) is 0 Å². The summed E-state index contributed by atoms with van der Waals surface area (Å²) in [4.78, 5) is 77.4. The molecule has 0 aromatic carbocycles. The molecule has 0 N–H and O–H groups in total. The molecule has 0 spiro atoms. The molecule has 0 saturated carbocycles. The lowest BCUT2D eigenvalue weighted by Gasteiger charge is -2.30. The van der Waals surface area contributed by atoms with Gasteiger partial charge in [0.1, 0.15) is 19.8 Å². The Bertz CT molecular complexity index is 1360. The van der Waals surface area contributed by atoms with Crippen LogP contribution >= 0.6 is 0 Å². The first kappa shape index (κ1) is 65.7. The van der Waals surface area contributed by atoms with Crippen molar-refractivity contribution < 1.29 is 66.7 Å². The first-order valence-corrected chi connectivity index (χ1v) is 23.7. The zero-order valence-corrected chi connectivity index (χ0v) is 41.4. The van der Waals surface area contributed by atoms with Crippen molar-refractivity contribution in [1.82, 2.24) is 0 Å². The van der Waals surface area contributed by atoms with E-state index in [-0.39, 0.29) is 43.7 Å². The fourth-order valence-electron chi connectivity index (χ4n) is 5.56. The van der Waals surface area contributed by atoms with E-state index in [9.17, 15) is 33.6 Å². The molecule has 14 heteroatoms. The lowest BCUT2D eigenvalue weighted by atomic mass is 9.88. The Labute approximate surface area is 402 Å². The first-order chi connectivity index (χ1) is 32.1. The largest absolute Gasteiger partial charge is 0.463 e. The second-order valence-corrected chi connectivity index (χ2v) is 15.9. The summed E-state index contributed by atoms with van der Waals surface area (Å²) < 4.78 is 34.9. The van der Waals surface area contributed by atoms with Gasteiger partial charge in [-0.15, -0.1) is 0 Å². The summed E-state index contributed by atoms with van der Waals surface area (Å²) >= 11 is 0. The Hall–Kier alpha value is -5.53. The molecular formula is C53H84O14. The zero-order chi connectivity index (χ0) is 51.0. The van der Waals surface area contributed by atoms with Crippen LogP contribution < -0.4 is 0 Å². The van der Waals surface area contributed by atoms with Crippen molar-refractivity contribution in [2.24, 2.45) is 5.41 Å². The number of ether oxygens (including phenoxy) is 7. The summed E-state index contributed by atoms with van der Waals surface area (Å²) in [7, 11) is 0. The third kappa shape index (κ3) is 45.4. The van der Waals surface area contributed by atoms with Crippen molar-refractivity contribution in [3.05, 3.63) is 87.6 Å². The molecule has 0 aliphatic carbocycles. The SMILES string of the molecule is C=C(C)C(=O)OCCCCCCCCCCCCOC(=O)C(=C)C.C=CC(=O)OCC(CC)(COC(=O)C=C)COC(=O)C=C.C=CC(=O)OCCCCCCCCCCCCOC(=O)C=C. The molecule has 0 aliphatic heterocycles. The molecule has 380 valence electrons. The zero-order valence-electron chi connectivity index (χ0n) is 41.4. The third-order valence-electron chi connectivity index (χ3n) is 9.87. The van der Waals surface area contributed by atoms with Gasteiger partial charge in [-0.05, 0) is 46.0 Å². The van der Waals surface area contributed by atoms with E-state index < -0.39 is 23.3 Å².